The van der Waals surface area contributed by atoms with E-state index in [0.717, 1.165) is 19.4 Å². The van der Waals surface area contributed by atoms with Crippen LogP contribution in [0.4, 0.5) is 5.82 Å². The Morgan fingerprint density at radius 2 is 2.10 bits per heavy atom. The summed E-state index contributed by atoms with van der Waals surface area (Å²) < 4.78 is 10.4. The molecule has 1 amide bonds. The summed E-state index contributed by atoms with van der Waals surface area (Å²) in [6, 6.07) is 1.60. The van der Waals surface area contributed by atoms with Gasteiger partial charge in [0.2, 0.25) is 5.91 Å². The SMILES string of the molecule is CCOC(=O)c1cc[nH]c1NC(=O)CC1CC(OCC)C1. The summed E-state index contributed by atoms with van der Waals surface area (Å²) in [7, 11) is 0. The summed E-state index contributed by atoms with van der Waals surface area (Å²) in [5, 5.41) is 2.74. The van der Waals surface area contributed by atoms with Crippen LogP contribution in [-0.4, -0.2) is 36.2 Å². The van der Waals surface area contributed by atoms with Crippen molar-refractivity contribution >= 4 is 17.7 Å². The minimum atomic E-state index is -0.436. The first kappa shape index (κ1) is 15.6. The van der Waals surface area contributed by atoms with Crippen LogP contribution in [0.5, 0.6) is 0 Å². The molecule has 2 N–H and O–H groups in total. The van der Waals surface area contributed by atoms with Crippen molar-refractivity contribution in [3.63, 3.8) is 0 Å². The highest BCUT2D eigenvalue weighted by Gasteiger charge is 2.31. The van der Waals surface area contributed by atoms with E-state index >= 15 is 0 Å². The number of aromatic nitrogens is 1. The lowest BCUT2D eigenvalue weighted by molar-refractivity contribution is -0.119. The molecular formula is C15H22N2O4. The van der Waals surface area contributed by atoms with Crippen LogP contribution in [0.1, 0.15) is 43.5 Å². The van der Waals surface area contributed by atoms with Gasteiger partial charge in [-0.2, -0.15) is 0 Å². The first-order valence-electron chi connectivity index (χ1n) is 7.40. The lowest BCUT2D eigenvalue weighted by Crippen LogP contribution is -2.34. The summed E-state index contributed by atoms with van der Waals surface area (Å²) in [5.41, 5.74) is 0.353. The lowest BCUT2D eigenvalue weighted by Gasteiger charge is -2.34. The molecule has 1 aromatic rings. The third-order valence-corrected chi connectivity index (χ3v) is 3.58. The molecule has 0 spiro atoms. The smallest absolute Gasteiger partial charge is 0.341 e. The third kappa shape index (κ3) is 4.07. The number of aromatic amines is 1. The fourth-order valence-electron chi connectivity index (χ4n) is 2.52. The van der Waals surface area contributed by atoms with Crippen molar-refractivity contribution in [2.75, 3.05) is 18.5 Å². The highest BCUT2D eigenvalue weighted by atomic mass is 16.5. The number of carbonyl (C=O) groups is 2. The first-order valence-corrected chi connectivity index (χ1v) is 7.40. The zero-order valence-corrected chi connectivity index (χ0v) is 12.5. The molecule has 0 unspecified atom stereocenters. The number of esters is 1. The highest BCUT2D eigenvalue weighted by molar-refractivity contribution is 6.00. The molecule has 116 valence electrons. The van der Waals surface area contributed by atoms with Crippen LogP contribution >= 0.6 is 0 Å². The average Bonchev–Trinajstić information content (AvgIpc) is 2.84. The molecule has 21 heavy (non-hydrogen) atoms. The number of rotatable bonds is 7. The Kier molecular flexibility index (Phi) is 5.38. The maximum atomic E-state index is 12.0. The molecule has 2 rings (SSSR count). The Hall–Kier alpha value is -1.82. The molecule has 6 nitrogen and oxygen atoms in total. The molecule has 0 radical (unpaired) electrons. The minimum Gasteiger partial charge on any atom is -0.462 e. The molecular weight excluding hydrogens is 272 g/mol. The average molecular weight is 294 g/mol. The molecule has 1 aliphatic carbocycles. The summed E-state index contributed by atoms with van der Waals surface area (Å²) in [4.78, 5) is 26.5. The molecule has 1 aliphatic rings. The van der Waals surface area contributed by atoms with Gasteiger partial charge in [-0.1, -0.05) is 0 Å². The van der Waals surface area contributed by atoms with Gasteiger partial charge in [-0.25, -0.2) is 4.79 Å². The number of hydrogen-bond donors (Lipinski definition) is 2. The van der Waals surface area contributed by atoms with Crippen molar-refractivity contribution in [3.8, 4) is 0 Å². The maximum Gasteiger partial charge on any atom is 0.341 e. The van der Waals surface area contributed by atoms with Gasteiger partial charge in [-0.05, 0) is 38.7 Å². The number of H-pyrrole nitrogens is 1. The van der Waals surface area contributed by atoms with Gasteiger partial charge >= 0.3 is 5.97 Å². The highest BCUT2D eigenvalue weighted by Crippen LogP contribution is 2.32. The Morgan fingerprint density at radius 3 is 2.76 bits per heavy atom. The van der Waals surface area contributed by atoms with E-state index in [1.807, 2.05) is 6.92 Å². The van der Waals surface area contributed by atoms with E-state index in [4.69, 9.17) is 9.47 Å². The van der Waals surface area contributed by atoms with E-state index in [2.05, 4.69) is 10.3 Å². The zero-order chi connectivity index (χ0) is 15.2. The van der Waals surface area contributed by atoms with E-state index in [-0.39, 0.29) is 5.91 Å². The Bertz CT molecular complexity index is 492. The van der Waals surface area contributed by atoms with Gasteiger partial charge in [0.25, 0.3) is 0 Å². The molecule has 1 saturated carbocycles. The molecule has 1 heterocycles. The Morgan fingerprint density at radius 1 is 1.33 bits per heavy atom. The van der Waals surface area contributed by atoms with E-state index in [1.54, 1.807) is 19.2 Å². The number of anilines is 1. The molecule has 1 aromatic heterocycles. The van der Waals surface area contributed by atoms with E-state index in [1.165, 1.54) is 0 Å². The largest absolute Gasteiger partial charge is 0.462 e. The predicted octanol–water partition coefficient (Wildman–Crippen LogP) is 2.34. The molecule has 0 aliphatic heterocycles. The summed E-state index contributed by atoms with van der Waals surface area (Å²) >= 11 is 0. The van der Waals surface area contributed by atoms with Gasteiger partial charge < -0.3 is 19.8 Å². The number of nitrogens with one attached hydrogen (secondary N) is 2. The van der Waals surface area contributed by atoms with Crippen LogP contribution in [0.25, 0.3) is 0 Å². The Labute approximate surface area is 124 Å². The molecule has 6 heteroatoms. The monoisotopic (exact) mass is 294 g/mol. The van der Waals surface area contributed by atoms with E-state index in [9.17, 15) is 9.59 Å². The number of hydrogen-bond acceptors (Lipinski definition) is 4. The Balaban J connectivity index is 1.81. The van der Waals surface area contributed by atoms with Crippen LogP contribution in [0.15, 0.2) is 12.3 Å². The fourth-order valence-corrected chi connectivity index (χ4v) is 2.52. The van der Waals surface area contributed by atoms with Crippen molar-refractivity contribution in [1.29, 1.82) is 0 Å². The summed E-state index contributed by atoms with van der Waals surface area (Å²) in [5.74, 6) is 0.235. The van der Waals surface area contributed by atoms with Gasteiger partial charge in [0.05, 0.1) is 12.7 Å². The van der Waals surface area contributed by atoms with Crippen LogP contribution in [0.3, 0.4) is 0 Å². The topological polar surface area (TPSA) is 80.4 Å². The number of carbonyl (C=O) groups excluding carboxylic acids is 2. The van der Waals surface area contributed by atoms with Gasteiger partial charge in [0, 0.05) is 19.2 Å². The van der Waals surface area contributed by atoms with Crippen molar-refractivity contribution < 1.29 is 19.1 Å². The molecule has 1 fully saturated rings. The van der Waals surface area contributed by atoms with Gasteiger partial charge in [-0.3, -0.25) is 4.79 Å². The van der Waals surface area contributed by atoms with Gasteiger partial charge in [0.15, 0.2) is 0 Å². The van der Waals surface area contributed by atoms with Crippen molar-refractivity contribution in [2.24, 2.45) is 5.92 Å². The summed E-state index contributed by atoms with van der Waals surface area (Å²) in [6.07, 6.45) is 4.21. The number of ether oxygens (including phenoxy) is 2. The standard InChI is InChI=1S/C15H22N2O4/c1-3-20-11-7-10(8-11)9-13(18)17-14-12(5-6-16-14)15(19)21-4-2/h5-6,10-11,16H,3-4,7-9H2,1-2H3,(H,17,18). The minimum absolute atomic E-state index is 0.0945. The number of amides is 1. The van der Waals surface area contributed by atoms with Gasteiger partial charge in [0.1, 0.15) is 11.4 Å². The predicted molar refractivity (Wildman–Crippen MR) is 78.1 cm³/mol. The summed E-state index contributed by atoms with van der Waals surface area (Å²) in [6.45, 7) is 4.74. The normalized spacial score (nSPS) is 20.7. The van der Waals surface area contributed by atoms with Crippen molar-refractivity contribution in [1.82, 2.24) is 4.98 Å². The second-order valence-corrected chi connectivity index (χ2v) is 5.15. The second kappa shape index (κ2) is 7.26. The molecule has 0 atom stereocenters. The maximum absolute atomic E-state index is 12.0. The lowest BCUT2D eigenvalue weighted by atomic mass is 9.80. The van der Waals surface area contributed by atoms with Crippen molar-refractivity contribution in [2.45, 2.75) is 39.2 Å². The zero-order valence-electron chi connectivity index (χ0n) is 12.5. The van der Waals surface area contributed by atoms with E-state index in [0.29, 0.717) is 36.4 Å². The van der Waals surface area contributed by atoms with E-state index < -0.39 is 5.97 Å². The van der Waals surface area contributed by atoms with Gasteiger partial charge in [-0.15, -0.1) is 0 Å². The van der Waals surface area contributed by atoms with Crippen LogP contribution < -0.4 is 5.32 Å². The molecule has 0 aromatic carbocycles. The molecule has 0 bridgehead atoms. The van der Waals surface area contributed by atoms with Crippen LogP contribution in [0.2, 0.25) is 0 Å². The van der Waals surface area contributed by atoms with Crippen molar-refractivity contribution in [3.05, 3.63) is 17.8 Å². The fraction of sp³-hybridized carbons (Fsp3) is 0.600. The second-order valence-electron chi connectivity index (χ2n) is 5.15. The quantitative estimate of drug-likeness (QED) is 0.756. The van der Waals surface area contributed by atoms with Crippen LogP contribution in [0, 0.1) is 5.92 Å². The first-order chi connectivity index (χ1) is 10.1. The van der Waals surface area contributed by atoms with Crippen LogP contribution in [-0.2, 0) is 14.3 Å². The molecule has 0 saturated heterocycles. The third-order valence-electron chi connectivity index (χ3n) is 3.58.